The molecule has 0 unspecified atom stereocenters. The van der Waals surface area contributed by atoms with Crippen LogP contribution in [0, 0.1) is 6.92 Å². The van der Waals surface area contributed by atoms with Gasteiger partial charge in [-0.15, -0.1) is 0 Å². The summed E-state index contributed by atoms with van der Waals surface area (Å²) in [5.41, 5.74) is 1.10. The van der Waals surface area contributed by atoms with Crippen molar-refractivity contribution in [2.75, 3.05) is 5.75 Å². The van der Waals surface area contributed by atoms with Crippen LogP contribution in [0.4, 0.5) is 0 Å². The van der Waals surface area contributed by atoms with Crippen molar-refractivity contribution >= 4 is 16.6 Å². The first-order chi connectivity index (χ1) is 8.16. The number of hydrogen-bond acceptors (Lipinski definition) is 3. The van der Waals surface area contributed by atoms with Crippen LogP contribution in [0.3, 0.4) is 0 Å². The largest absolute Gasteiger partial charge is 0.461 e. The molecule has 17 heavy (non-hydrogen) atoms. The van der Waals surface area contributed by atoms with Gasteiger partial charge in [0.05, 0.1) is 22.8 Å². The van der Waals surface area contributed by atoms with Crippen LogP contribution in [-0.4, -0.2) is 15.7 Å². The van der Waals surface area contributed by atoms with Gasteiger partial charge in [-0.1, -0.05) is 17.7 Å². The summed E-state index contributed by atoms with van der Waals surface area (Å²) in [4.78, 5) is 12.3. The Bertz CT molecular complexity index is 526. The van der Waals surface area contributed by atoms with E-state index in [0.29, 0.717) is 4.90 Å². The molecule has 0 N–H and O–H groups in total. The Labute approximate surface area is 102 Å². The molecule has 0 saturated heterocycles. The molecule has 1 heterocycles. The van der Waals surface area contributed by atoms with Crippen LogP contribution in [0.2, 0.25) is 0 Å². The van der Waals surface area contributed by atoms with Gasteiger partial charge in [0.15, 0.2) is 5.76 Å². The molecular formula is C13H12O3S. The predicted molar refractivity (Wildman–Crippen MR) is 65.5 cm³/mol. The van der Waals surface area contributed by atoms with E-state index in [1.165, 1.54) is 6.26 Å². The Morgan fingerprint density at radius 3 is 2.53 bits per heavy atom. The van der Waals surface area contributed by atoms with Gasteiger partial charge in [0.2, 0.25) is 5.78 Å². The lowest BCUT2D eigenvalue weighted by molar-refractivity contribution is 0.0991. The minimum absolute atomic E-state index is 0.0451. The van der Waals surface area contributed by atoms with E-state index in [0.717, 1.165) is 5.56 Å². The standard InChI is InChI=1S/C13H12O3S/c1-10-4-6-11(7-5-10)17(15)9-12(14)13-3-2-8-16-13/h2-8H,9H2,1H3/t17-/m1/s1. The topological polar surface area (TPSA) is 47.3 Å². The van der Waals surface area contributed by atoms with Crippen LogP contribution in [-0.2, 0) is 10.8 Å². The molecule has 4 heteroatoms. The van der Waals surface area contributed by atoms with E-state index in [4.69, 9.17) is 4.42 Å². The molecule has 2 aromatic rings. The number of carbonyl (C=O) groups is 1. The van der Waals surface area contributed by atoms with E-state index in [-0.39, 0.29) is 17.3 Å². The third kappa shape index (κ3) is 2.91. The fraction of sp³-hybridized carbons (Fsp3) is 0.154. The van der Waals surface area contributed by atoms with Crippen molar-refractivity contribution in [3.8, 4) is 0 Å². The van der Waals surface area contributed by atoms with Crippen molar-refractivity contribution in [2.45, 2.75) is 11.8 Å². The zero-order valence-electron chi connectivity index (χ0n) is 9.38. The molecule has 0 spiro atoms. The molecule has 0 saturated carbocycles. The minimum atomic E-state index is -1.32. The molecule has 1 aromatic carbocycles. The second-order valence-electron chi connectivity index (χ2n) is 3.70. The lowest BCUT2D eigenvalue weighted by Gasteiger charge is -2.01. The molecule has 0 bridgehead atoms. The van der Waals surface area contributed by atoms with E-state index in [1.807, 2.05) is 19.1 Å². The van der Waals surface area contributed by atoms with Crippen LogP contribution >= 0.6 is 0 Å². The molecule has 2 rings (SSSR count). The van der Waals surface area contributed by atoms with Gasteiger partial charge in [0.25, 0.3) is 0 Å². The molecule has 0 radical (unpaired) electrons. The van der Waals surface area contributed by atoms with Gasteiger partial charge in [-0.25, -0.2) is 0 Å². The number of furan rings is 1. The number of carbonyl (C=O) groups excluding carboxylic acids is 1. The molecular weight excluding hydrogens is 236 g/mol. The zero-order chi connectivity index (χ0) is 12.3. The number of Topliss-reactive ketones (excluding diaryl/α,β-unsaturated/α-hetero) is 1. The fourth-order valence-corrected chi connectivity index (χ4v) is 2.39. The first-order valence-corrected chi connectivity index (χ1v) is 6.50. The van der Waals surface area contributed by atoms with E-state index in [1.54, 1.807) is 24.3 Å². The van der Waals surface area contributed by atoms with Gasteiger partial charge < -0.3 is 4.42 Å². The maximum atomic E-state index is 11.9. The molecule has 1 atom stereocenters. The number of aryl methyl sites for hydroxylation is 1. The van der Waals surface area contributed by atoms with E-state index < -0.39 is 10.8 Å². The first kappa shape index (κ1) is 11.8. The highest BCUT2D eigenvalue weighted by Gasteiger charge is 2.14. The Hall–Kier alpha value is -1.68. The minimum Gasteiger partial charge on any atom is -0.461 e. The van der Waals surface area contributed by atoms with Crippen molar-refractivity contribution in [1.82, 2.24) is 0 Å². The van der Waals surface area contributed by atoms with Crippen LogP contribution in [0.15, 0.2) is 52.0 Å². The third-order valence-corrected chi connectivity index (χ3v) is 3.66. The highest BCUT2D eigenvalue weighted by molar-refractivity contribution is 7.85. The van der Waals surface area contributed by atoms with Gasteiger partial charge in [0.1, 0.15) is 0 Å². The second-order valence-corrected chi connectivity index (χ2v) is 5.15. The molecule has 0 amide bonds. The summed E-state index contributed by atoms with van der Waals surface area (Å²) in [6, 6.07) is 10.5. The van der Waals surface area contributed by atoms with E-state index >= 15 is 0 Å². The summed E-state index contributed by atoms with van der Waals surface area (Å²) in [5, 5.41) is 0. The van der Waals surface area contributed by atoms with Crippen LogP contribution in [0.5, 0.6) is 0 Å². The van der Waals surface area contributed by atoms with Crippen LogP contribution < -0.4 is 0 Å². The lowest BCUT2D eigenvalue weighted by atomic mass is 10.2. The molecule has 3 nitrogen and oxygen atoms in total. The number of benzene rings is 1. The van der Waals surface area contributed by atoms with Crippen molar-refractivity contribution in [3.05, 3.63) is 54.0 Å². The lowest BCUT2D eigenvalue weighted by Crippen LogP contribution is -2.10. The first-order valence-electron chi connectivity index (χ1n) is 5.18. The SMILES string of the molecule is Cc1ccc([S@](=O)CC(=O)c2ccco2)cc1. The van der Waals surface area contributed by atoms with E-state index in [2.05, 4.69) is 0 Å². The summed E-state index contributed by atoms with van der Waals surface area (Å²) in [6.45, 7) is 1.96. The van der Waals surface area contributed by atoms with Gasteiger partial charge >= 0.3 is 0 Å². The number of hydrogen-bond donors (Lipinski definition) is 0. The Morgan fingerprint density at radius 2 is 1.94 bits per heavy atom. The Morgan fingerprint density at radius 1 is 1.24 bits per heavy atom. The molecule has 0 aliphatic heterocycles. The summed E-state index contributed by atoms with van der Waals surface area (Å²) >= 11 is 0. The van der Waals surface area contributed by atoms with Gasteiger partial charge in [-0.2, -0.15) is 0 Å². The highest BCUT2D eigenvalue weighted by atomic mass is 32.2. The fourth-order valence-electron chi connectivity index (χ4n) is 1.40. The molecule has 0 aliphatic rings. The van der Waals surface area contributed by atoms with Crippen molar-refractivity contribution in [1.29, 1.82) is 0 Å². The number of rotatable bonds is 4. The van der Waals surface area contributed by atoms with Crippen LogP contribution in [0.1, 0.15) is 16.1 Å². The Balaban J connectivity index is 2.07. The third-order valence-electron chi connectivity index (χ3n) is 2.34. The number of ketones is 1. The maximum Gasteiger partial charge on any atom is 0.210 e. The monoisotopic (exact) mass is 248 g/mol. The van der Waals surface area contributed by atoms with Crippen molar-refractivity contribution in [2.24, 2.45) is 0 Å². The molecule has 1 aromatic heterocycles. The molecule has 0 aliphatic carbocycles. The zero-order valence-corrected chi connectivity index (χ0v) is 10.2. The molecule has 88 valence electrons. The average Bonchev–Trinajstić information content (AvgIpc) is 2.83. The highest BCUT2D eigenvalue weighted by Crippen LogP contribution is 2.10. The predicted octanol–water partition coefficient (Wildman–Crippen LogP) is 2.58. The normalized spacial score (nSPS) is 12.3. The molecule has 0 fully saturated rings. The van der Waals surface area contributed by atoms with Crippen molar-refractivity contribution in [3.63, 3.8) is 0 Å². The summed E-state index contributed by atoms with van der Waals surface area (Å²) in [5.74, 6) is -0.0318. The summed E-state index contributed by atoms with van der Waals surface area (Å²) in [6.07, 6.45) is 1.43. The second kappa shape index (κ2) is 5.10. The van der Waals surface area contributed by atoms with Crippen LogP contribution in [0.25, 0.3) is 0 Å². The van der Waals surface area contributed by atoms with E-state index in [9.17, 15) is 9.00 Å². The average molecular weight is 248 g/mol. The van der Waals surface area contributed by atoms with Gasteiger partial charge in [-0.05, 0) is 31.2 Å². The van der Waals surface area contributed by atoms with Gasteiger partial charge in [0, 0.05) is 4.90 Å². The maximum absolute atomic E-state index is 11.9. The summed E-state index contributed by atoms with van der Waals surface area (Å²) < 4.78 is 16.9. The summed E-state index contributed by atoms with van der Waals surface area (Å²) in [7, 11) is -1.32. The van der Waals surface area contributed by atoms with Crippen molar-refractivity contribution < 1.29 is 13.4 Å². The quantitative estimate of drug-likeness (QED) is 0.781. The van der Waals surface area contributed by atoms with Gasteiger partial charge in [-0.3, -0.25) is 9.00 Å². The Kier molecular flexibility index (Phi) is 3.54. The smallest absolute Gasteiger partial charge is 0.210 e.